The maximum absolute atomic E-state index is 13.3. The molecular formula is C48H86N16O19. The molecule has 0 radical (unpaired) electrons. The first kappa shape index (κ1) is 75.1. The number of hydrogen-bond donors (Lipinski definition) is 21. The Labute approximate surface area is 478 Å². The van der Waals surface area contributed by atoms with Crippen LogP contribution in [0.1, 0.15) is 81.1 Å². The Hall–Kier alpha value is -7.86. The van der Waals surface area contributed by atoms with Crippen molar-refractivity contribution < 1.29 is 93.0 Å². The van der Waals surface area contributed by atoms with Gasteiger partial charge < -0.3 is 112 Å². The Kier molecular flexibility index (Phi) is 35.1. The van der Waals surface area contributed by atoms with Crippen LogP contribution >= 0.6 is 0 Å². The maximum atomic E-state index is 13.3. The van der Waals surface area contributed by atoms with Crippen molar-refractivity contribution in [1.29, 1.82) is 0 Å². The number of rotatable bonds is 39. The van der Waals surface area contributed by atoms with Crippen molar-refractivity contribution in [2.24, 2.45) is 39.9 Å². The number of guanidine groups is 1. The number of carbonyl (C=O) groups is 13. The van der Waals surface area contributed by atoms with E-state index in [4.69, 9.17) is 22.3 Å². The van der Waals surface area contributed by atoms with E-state index in [1.807, 2.05) is 0 Å². The minimum atomic E-state index is -1.82. The zero-order chi connectivity index (χ0) is 63.8. The van der Waals surface area contributed by atoms with Crippen LogP contribution < -0.4 is 81.0 Å². The number of carboxylic acid groups (broad SMARTS) is 1. The summed E-state index contributed by atoms with van der Waals surface area (Å²) in [4.78, 5) is 171. The monoisotopic (exact) mass is 1190 g/mol. The molecule has 12 amide bonds. The summed E-state index contributed by atoms with van der Waals surface area (Å²) in [6.45, 7) is 5.82. The normalized spacial score (nSPS) is 15.4. The highest BCUT2D eigenvalue weighted by Crippen LogP contribution is 2.11. The molecule has 35 nitrogen and oxygen atoms in total. The fourth-order valence-electron chi connectivity index (χ4n) is 7.02. The van der Waals surface area contributed by atoms with Crippen LogP contribution in [0.2, 0.25) is 0 Å². The Morgan fingerprint density at radius 2 is 0.855 bits per heavy atom. The van der Waals surface area contributed by atoms with Crippen LogP contribution in [0.4, 0.5) is 0 Å². The lowest BCUT2D eigenvalue weighted by atomic mass is 9.97. The number of hydrogen-bond acceptors (Lipinski definition) is 20. The highest BCUT2D eigenvalue weighted by molar-refractivity contribution is 5.99. The van der Waals surface area contributed by atoms with Crippen molar-refractivity contribution in [3.63, 3.8) is 0 Å². The van der Waals surface area contributed by atoms with Gasteiger partial charge in [0.15, 0.2) is 5.96 Å². The van der Waals surface area contributed by atoms with Gasteiger partial charge in [-0.2, -0.15) is 0 Å². The summed E-state index contributed by atoms with van der Waals surface area (Å²) in [6, 6.07) is -16.4. The van der Waals surface area contributed by atoms with Gasteiger partial charge in [-0.3, -0.25) is 62.5 Å². The van der Waals surface area contributed by atoms with Gasteiger partial charge in [-0.05, 0) is 50.9 Å². The van der Waals surface area contributed by atoms with Gasteiger partial charge in [0.05, 0.1) is 46.1 Å². The summed E-state index contributed by atoms with van der Waals surface area (Å²) in [5.74, 6) is -14.9. The van der Waals surface area contributed by atoms with Crippen LogP contribution in [-0.2, 0) is 62.3 Å². The lowest BCUT2D eigenvalue weighted by molar-refractivity contribution is -0.143. The van der Waals surface area contributed by atoms with Crippen molar-refractivity contribution in [3.05, 3.63) is 0 Å². The van der Waals surface area contributed by atoms with Crippen LogP contribution in [0.15, 0.2) is 4.99 Å². The third-order valence-corrected chi connectivity index (χ3v) is 12.1. The number of carboxylic acids is 1. The second-order valence-corrected chi connectivity index (χ2v) is 19.9. The average molecular weight is 1190 g/mol. The minimum Gasteiger partial charge on any atom is -0.480 e. The molecule has 0 unspecified atom stereocenters. The van der Waals surface area contributed by atoms with E-state index in [0.29, 0.717) is 6.42 Å². The Morgan fingerprint density at radius 3 is 1.34 bits per heavy atom. The summed E-state index contributed by atoms with van der Waals surface area (Å²) < 4.78 is 0. The Morgan fingerprint density at radius 1 is 0.446 bits per heavy atom. The maximum Gasteiger partial charge on any atom is 0.326 e. The fourth-order valence-corrected chi connectivity index (χ4v) is 7.02. The third-order valence-electron chi connectivity index (χ3n) is 12.1. The molecular weight excluding hydrogens is 1100 g/mol. The molecule has 0 heterocycles. The standard InChI is InChI=1S/C48H86N16O19/c1-9-23(6)36(46(81)58-27(47(82)83)11-10-12-52-48(50)51)64-44(79)32(20-69)61-43(78)31(19-68)60-38(73)25(8)56-42(77)30(18-67)57-33(70)14-54-40(75)29(17-66)62-45(80)35(22(4)5)63-34(71)15-53-37(72)24(7)55-41(76)28(13-21(2)3)59-39(74)26(49)16-65/h21-32,35-36,65-69H,9-20,49H2,1-8H3,(H,53,72)(H,54,75)(H,55,76)(H,56,77)(H,57,70)(H,58,81)(H,59,74)(H,60,73)(H,61,78)(H,62,80)(H,63,71)(H,64,79)(H,82,83)(H4,50,51,52)/t23-,24-,25-,26-,27-,28-,29-,30-,31-,32-,35-,36-/m0/s1. The van der Waals surface area contributed by atoms with E-state index in [2.05, 4.69) is 68.8 Å². The number of nitrogens with one attached hydrogen (secondary N) is 12. The third kappa shape index (κ3) is 28.1. The predicted molar refractivity (Wildman–Crippen MR) is 291 cm³/mol. The highest BCUT2D eigenvalue weighted by atomic mass is 16.4. The van der Waals surface area contributed by atoms with Crippen molar-refractivity contribution in [2.75, 3.05) is 52.7 Å². The van der Waals surface area contributed by atoms with Crippen LogP contribution in [0.25, 0.3) is 0 Å². The summed E-state index contributed by atoms with van der Waals surface area (Å²) in [6.07, 6.45) is 0.541. The minimum absolute atomic E-state index is 0.0700. The van der Waals surface area contributed by atoms with E-state index in [1.54, 1.807) is 27.7 Å². The number of amides is 12. The van der Waals surface area contributed by atoms with Gasteiger partial charge in [-0.1, -0.05) is 48.0 Å². The molecule has 24 N–H and O–H groups in total. The Bertz CT molecular complexity index is 2250. The number of carbonyl (C=O) groups excluding carboxylic acids is 12. The van der Waals surface area contributed by atoms with E-state index >= 15 is 0 Å². The van der Waals surface area contributed by atoms with Gasteiger partial charge in [0.2, 0.25) is 70.9 Å². The van der Waals surface area contributed by atoms with Gasteiger partial charge >= 0.3 is 5.97 Å². The van der Waals surface area contributed by atoms with Crippen molar-refractivity contribution in [3.8, 4) is 0 Å². The summed E-state index contributed by atoms with van der Waals surface area (Å²) in [5.41, 5.74) is 16.1. The second-order valence-electron chi connectivity index (χ2n) is 19.9. The molecule has 0 saturated heterocycles. The van der Waals surface area contributed by atoms with Crippen molar-refractivity contribution >= 4 is 82.8 Å². The molecule has 0 rings (SSSR count). The molecule has 0 bridgehead atoms. The smallest absolute Gasteiger partial charge is 0.326 e. The van der Waals surface area contributed by atoms with Crippen LogP contribution in [-0.4, -0.2) is 233 Å². The molecule has 0 spiro atoms. The number of aliphatic hydroxyl groups is 5. The molecule has 0 aromatic heterocycles. The molecule has 35 heteroatoms. The summed E-state index contributed by atoms with van der Waals surface area (Å²) in [5, 5.41) is 85.7. The zero-order valence-electron chi connectivity index (χ0n) is 47.7. The molecule has 0 aliphatic carbocycles. The van der Waals surface area contributed by atoms with E-state index in [-0.39, 0.29) is 37.7 Å². The summed E-state index contributed by atoms with van der Waals surface area (Å²) in [7, 11) is 0. The molecule has 0 aliphatic heterocycles. The van der Waals surface area contributed by atoms with E-state index in [0.717, 1.165) is 6.92 Å². The van der Waals surface area contributed by atoms with Crippen molar-refractivity contribution in [2.45, 2.75) is 148 Å². The molecule has 0 fully saturated rings. The highest BCUT2D eigenvalue weighted by Gasteiger charge is 2.35. The predicted octanol–water partition coefficient (Wildman–Crippen LogP) is -10.7. The van der Waals surface area contributed by atoms with Crippen molar-refractivity contribution in [1.82, 2.24) is 63.8 Å². The lowest BCUT2D eigenvalue weighted by Crippen LogP contribution is -2.61. The van der Waals surface area contributed by atoms with Crippen LogP contribution in [0, 0.1) is 17.8 Å². The van der Waals surface area contributed by atoms with Gasteiger partial charge in [-0.25, -0.2) is 4.79 Å². The van der Waals surface area contributed by atoms with Gasteiger partial charge in [0, 0.05) is 6.54 Å². The average Bonchev–Trinajstić information content (AvgIpc) is 3.58. The summed E-state index contributed by atoms with van der Waals surface area (Å²) >= 11 is 0. The molecule has 12 atom stereocenters. The SMILES string of the molecule is CC[C@H](C)[C@H](NC(=O)[C@H](CO)NC(=O)[C@H](CO)NC(=O)[C@H](C)NC(=O)[C@H](CO)NC(=O)CNC(=O)[C@H](CO)NC(=O)[C@@H](NC(=O)CNC(=O)[C@H](C)NC(=O)[C@H](CC(C)C)NC(=O)[C@@H](N)CO)C(C)C)C(=O)N[C@@H](CCCN=C(N)N)C(=O)O. The lowest BCUT2D eigenvalue weighted by Gasteiger charge is -2.28. The topological polar surface area (TPSA) is 578 Å². The van der Waals surface area contributed by atoms with Gasteiger partial charge in [0.25, 0.3) is 0 Å². The van der Waals surface area contributed by atoms with Gasteiger partial charge in [0.1, 0.15) is 66.5 Å². The number of aliphatic hydroxyl groups excluding tert-OH is 5. The van der Waals surface area contributed by atoms with E-state index in [9.17, 15) is 87.9 Å². The zero-order valence-corrected chi connectivity index (χ0v) is 47.7. The van der Waals surface area contributed by atoms with Crippen LogP contribution in [0.3, 0.4) is 0 Å². The number of nitrogens with two attached hydrogens (primary N) is 3. The molecule has 0 aromatic rings. The number of aliphatic imine (C=N–C) groups is 1. The molecule has 0 saturated carbocycles. The molecule has 83 heavy (non-hydrogen) atoms. The first-order valence-electron chi connectivity index (χ1n) is 26.5. The quantitative estimate of drug-likeness (QED) is 0.0154. The molecule has 0 aliphatic rings. The Balaban J connectivity index is 5.48. The first-order valence-corrected chi connectivity index (χ1v) is 26.5. The second kappa shape index (κ2) is 38.8. The largest absolute Gasteiger partial charge is 0.480 e. The fraction of sp³-hybridized carbons (Fsp3) is 0.708. The first-order chi connectivity index (χ1) is 38.8. The molecule has 472 valence electrons. The number of nitrogens with zero attached hydrogens (tertiary/aromatic N) is 1. The van der Waals surface area contributed by atoms with E-state index in [1.165, 1.54) is 20.8 Å². The van der Waals surface area contributed by atoms with Crippen LogP contribution in [0.5, 0.6) is 0 Å². The number of aliphatic carboxylic acids is 1. The van der Waals surface area contributed by atoms with Gasteiger partial charge in [-0.15, -0.1) is 0 Å². The van der Waals surface area contributed by atoms with E-state index < -0.39 is 201 Å². The molecule has 0 aromatic carbocycles.